The van der Waals surface area contributed by atoms with Crippen molar-refractivity contribution in [2.45, 2.75) is 0 Å². The van der Waals surface area contributed by atoms with Gasteiger partial charge in [-0.1, -0.05) is 27.5 Å². The first kappa shape index (κ1) is 11.0. The van der Waals surface area contributed by atoms with Crippen LogP contribution in [0.2, 0.25) is 4.34 Å². The van der Waals surface area contributed by atoms with Gasteiger partial charge in [0.15, 0.2) is 0 Å². The third kappa shape index (κ3) is 2.22. The Bertz CT molecular complexity index is 487. The molecule has 0 saturated carbocycles. The van der Waals surface area contributed by atoms with Crippen molar-refractivity contribution in [1.29, 1.82) is 0 Å². The van der Waals surface area contributed by atoms with Crippen LogP contribution in [-0.2, 0) is 0 Å². The van der Waals surface area contributed by atoms with E-state index in [1.165, 1.54) is 18.2 Å². The molecule has 2 rings (SSSR count). The summed E-state index contributed by atoms with van der Waals surface area (Å²) in [5.41, 5.74) is 0.244. The summed E-state index contributed by atoms with van der Waals surface area (Å²) >= 11 is 9.81. The Morgan fingerprint density at radius 3 is 2.27 bits per heavy atom. The van der Waals surface area contributed by atoms with Crippen molar-refractivity contribution in [3.05, 3.63) is 44.0 Å². The van der Waals surface area contributed by atoms with E-state index in [0.717, 1.165) is 11.3 Å². The monoisotopic (exact) mass is 307 g/mol. The lowest BCUT2D eigenvalue weighted by Crippen LogP contribution is -1.88. The van der Waals surface area contributed by atoms with Gasteiger partial charge in [-0.05, 0) is 18.2 Å². The Labute approximate surface area is 103 Å². The molecule has 0 N–H and O–H groups in total. The van der Waals surface area contributed by atoms with Crippen LogP contribution in [0.1, 0.15) is 0 Å². The van der Waals surface area contributed by atoms with Crippen LogP contribution in [0.4, 0.5) is 8.78 Å². The smallest absolute Gasteiger partial charge is 0.135 e. The van der Waals surface area contributed by atoms with Crippen molar-refractivity contribution in [3.63, 3.8) is 0 Å². The van der Waals surface area contributed by atoms with Crippen molar-refractivity contribution in [1.82, 2.24) is 0 Å². The second kappa shape index (κ2) is 4.20. The van der Waals surface area contributed by atoms with E-state index in [-0.39, 0.29) is 5.56 Å². The zero-order valence-electron chi connectivity index (χ0n) is 7.15. The molecule has 77 valence electrons. The quantitative estimate of drug-likeness (QED) is 0.702. The molecule has 1 aromatic heterocycles. The molecule has 1 radical (unpaired) electrons. The lowest BCUT2D eigenvalue weighted by Gasteiger charge is -2.02. The molecule has 15 heavy (non-hydrogen) atoms. The predicted octanol–water partition coefficient (Wildman–Crippen LogP) is 4.91. The minimum absolute atomic E-state index is 0.0960. The normalized spacial score (nSPS) is 10.7. The van der Waals surface area contributed by atoms with Gasteiger partial charge < -0.3 is 0 Å². The Morgan fingerprint density at radius 2 is 1.80 bits per heavy atom. The summed E-state index contributed by atoms with van der Waals surface area (Å²) in [6.45, 7) is 0. The fourth-order valence-electron chi connectivity index (χ4n) is 1.20. The van der Waals surface area contributed by atoms with E-state index in [9.17, 15) is 8.78 Å². The molecule has 0 aliphatic rings. The molecule has 0 atom stereocenters. The van der Waals surface area contributed by atoms with Gasteiger partial charge in [-0.2, -0.15) is 0 Å². The average molecular weight is 309 g/mol. The zero-order chi connectivity index (χ0) is 11.0. The van der Waals surface area contributed by atoms with Crippen molar-refractivity contribution in [2.75, 3.05) is 0 Å². The van der Waals surface area contributed by atoms with Crippen LogP contribution in [0.15, 0.2) is 22.7 Å². The van der Waals surface area contributed by atoms with Crippen LogP contribution in [0.25, 0.3) is 11.1 Å². The second-order valence-corrected chi connectivity index (χ2v) is 5.21. The van der Waals surface area contributed by atoms with Crippen molar-refractivity contribution < 1.29 is 8.78 Å². The molecular formula is C10H3BrClF2S. The summed E-state index contributed by atoms with van der Waals surface area (Å²) < 4.78 is 27.8. The Morgan fingerprint density at radius 1 is 1.20 bits per heavy atom. The molecule has 0 spiro atoms. The molecule has 0 amide bonds. The summed E-state index contributed by atoms with van der Waals surface area (Å²) in [6.07, 6.45) is 0. The molecule has 5 heteroatoms. The first-order valence-corrected chi connectivity index (χ1v) is 5.88. The van der Waals surface area contributed by atoms with Crippen LogP contribution in [0.5, 0.6) is 0 Å². The van der Waals surface area contributed by atoms with E-state index in [1.54, 1.807) is 0 Å². The fourth-order valence-corrected chi connectivity index (χ4v) is 2.37. The van der Waals surface area contributed by atoms with E-state index in [0.29, 0.717) is 14.4 Å². The number of rotatable bonds is 1. The van der Waals surface area contributed by atoms with Gasteiger partial charge in [0.1, 0.15) is 11.6 Å². The van der Waals surface area contributed by atoms with Gasteiger partial charge in [0, 0.05) is 10.0 Å². The van der Waals surface area contributed by atoms with Gasteiger partial charge in [0.05, 0.1) is 15.3 Å². The van der Waals surface area contributed by atoms with Gasteiger partial charge >= 0.3 is 0 Å². The predicted molar refractivity (Wildman–Crippen MR) is 61.2 cm³/mol. The van der Waals surface area contributed by atoms with Gasteiger partial charge in [-0.15, -0.1) is 11.3 Å². The molecule has 0 aliphatic heterocycles. The first-order valence-electron chi connectivity index (χ1n) is 3.90. The van der Waals surface area contributed by atoms with Crippen LogP contribution in [0, 0.1) is 17.0 Å². The maximum Gasteiger partial charge on any atom is 0.135 e. The fraction of sp³-hybridized carbons (Fsp3) is 0. The number of thiophene rings is 1. The van der Waals surface area contributed by atoms with Crippen molar-refractivity contribution in [2.24, 2.45) is 0 Å². The highest BCUT2D eigenvalue weighted by Crippen LogP contribution is 2.33. The molecule has 0 fully saturated rings. The van der Waals surface area contributed by atoms with Gasteiger partial charge in [0.2, 0.25) is 0 Å². The van der Waals surface area contributed by atoms with E-state index in [2.05, 4.69) is 21.3 Å². The molecule has 2 aromatic rings. The van der Waals surface area contributed by atoms with Crippen LogP contribution in [0.3, 0.4) is 0 Å². The zero-order valence-corrected chi connectivity index (χ0v) is 10.3. The minimum Gasteiger partial charge on any atom is -0.206 e. The standard InChI is InChI=1S/C10H3BrClF2S/c11-6-2-7(13)10(8(14)3-6)5-1-9(12)15-4-5/h1-3H. The summed E-state index contributed by atoms with van der Waals surface area (Å²) in [4.78, 5) is 0. The average Bonchev–Trinajstić information content (AvgIpc) is 2.49. The lowest BCUT2D eigenvalue weighted by atomic mass is 10.1. The second-order valence-electron chi connectivity index (χ2n) is 2.81. The van der Waals surface area contributed by atoms with E-state index in [1.807, 2.05) is 0 Å². The maximum absolute atomic E-state index is 13.5. The SMILES string of the molecule is Fc1cc(Br)cc(F)c1-c1[c]sc(Cl)c1. The molecule has 0 aliphatic carbocycles. The summed E-state index contributed by atoms with van der Waals surface area (Å²) in [6, 6.07) is 3.90. The van der Waals surface area contributed by atoms with E-state index < -0.39 is 11.6 Å². The Kier molecular flexibility index (Phi) is 3.09. The summed E-state index contributed by atoms with van der Waals surface area (Å²) in [5.74, 6) is -1.26. The van der Waals surface area contributed by atoms with Gasteiger partial charge in [-0.25, -0.2) is 8.78 Å². The van der Waals surface area contributed by atoms with Gasteiger partial charge in [-0.3, -0.25) is 0 Å². The number of hydrogen-bond donors (Lipinski definition) is 0. The highest BCUT2D eigenvalue weighted by atomic mass is 79.9. The number of hydrogen-bond acceptors (Lipinski definition) is 1. The molecule has 0 nitrogen and oxygen atoms in total. The molecule has 0 saturated heterocycles. The first-order chi connectivity index (χ1) is 7.08. The summed E-state index contributed by atoms with van der Waals surface area (Å²) in [7, 11) is 0. The van der Waals surface area contributed by atoms with E-state index >= 15 is 0 Å². The van der Waals surface area contributed by atoms with Gasteiger partial charge in [0.25, 0.3) is 0 Å². The topological polar surface area (TPSA) is 0 Å². The third-order valence-electron chi connectivity index (χ3n) is 1.79. The Hall–Kier alpha value is -0.450. The van der Waals surface area contributed by atoms with Crippen LogP contribution in [-0.4, -0.2) is 0 Å². The molecule has 1 aromatic carbocycles. The number of benzene rings is 1. The summed E-state index contributed by atoms with van der Waals surface area (Å²) in [5, 5.41) is 2.74. The minimum atomic E-state index is -0.632. The van der Waals surface area contributed by atoms with Crippen LogP contribution >= 0.6 is 38.9 Å². The molecule has 1 heterocycles. The van der Waals surface area contributed by atoms with Crippen molar-refractivity contribution in [3.8, 4) is 11.1 Å². The highest BCUT2D eigenvalue weighted by Gasteiger charge is 2.14. The Balaban J connectivity index is 2.62. The lowest BCUT2D eigenvalue weighted by molar-refractivity contribution is 0.588. The maximum atomic E-state index is 13.5. The van der Waals surface area contributed by atoms with E-state index in [4.69, 9.17) is 11.6 Å². The van der Waals surface area contributed by atoms with Crippen LogP contribution < -0.4 is 0 Å². The third-order valence-corrected chi connectivity index (χ3v) is 3.23. The number of halogens is 4. The molecule has 0 bridgehead atoms. The largest absolute Gasteiger partial charge is 0.206 e. The highest BCUT2D eigenvalue weighted by molar-refractivity contribution is 9.10. The molecular weight excluding hydrogens is 306 g/mol. The van der Waals surface area contributed by atoms with Crippen molar-refractivity contribution >= 4 is 38.9 Å². The molecule has 0 unspecified atom stereocenters.